The predicted octanol–water partition coefficient (Wildman–Crippen LogP) is 4.69. The van der Waals surface area contributed by atoms with E-state index in [9.17, 15) is 13.2 Å². The number of imidazole rings is 1. The van der Waals surface area contributed by atoms with E-state index in [2.05, 4.69) is 15.2 Å². The van der Waals surface area contributed by atoms with Gasteiger partial charge >= 0.3 is 6.18 Å². The summed E-state index contributed by atoms with van der Waals surface area (Å²) in [6.07, 6.45) is -0.655. The third kappa shape index (κ3) is 4.20. The van der Waals surface area contributed by atoms with Gasteiger partial charge in [-0.3, -0.25) is 0 Å². The largest absolute Gasteiger partial charge is 0.435 e. The molecule has 1 unspecified atom stereocenters. The Kier molecular flexibility index (Phi) is 5.36. The molecule has 0 spiro atoms. The predicted molar refractivity (Wildman–Crippen MR) is 97.8 cm³/mol. The Balaban J connectivity index is 1.63. The van der Waals surface area contributed by atoms with Gasteiger partial charge in [0.05, 0.1) is 24.5 Å². The maximum atomic E-state index is 12.7. The molecule has 3 aromatic rings. The van der Waals surface area contributed by atoms with Crippen molar-refractivity contribution in [2.75, 3.05) is 6.61 Å². The van der Waals surface area contributed by atoms with E-state index in [1.165, 1.54) is 17.8 Å². The van der Waals surface area contributed by atoms with Gasteiger partial charge in [-0.25, -0.2) is 4.98 Å². The molecule has 9 heteroatoms. The van der Waals surface area contributed by atoms with E-state index in [0.29, 0.717) is 16.7 Å². The molecule has 2 aromatic heterocycles. The number of hydrogen-bond acceptors (Lipinski definition) is 5. The fourth-order valence-corrected chi connectivity index (χ4v) is 3.86. The fraction of sp³-hybridized carbons (Fsp3) is 0.316. The Morgan fingerprint density at radius 2 is 1.93 bits per heavy atom. The highest BCUT2D eigenvalue weighted by Gasteiger charge is 2.33. The van der Waals surface area contributed by atoms with Crippen molar-refractivity contribution in [1.29, 1.82) is 0 Å². The lowest BCUT2D eigenvalue weighted by atomic mass is 10.1. The molecular weight excluding hydrogens is 389 g/mol. The van der Waals surface area contributed by atoms with Gasteiger partial charge in [-0.05, 0) is 42.3 Å². The lowest BCUT2D eigenvalue weighted by Crippen LogP contribution is -2.16. The van der Waals surface area contributed by atoms with Gasteiger partial charge in [-0.15, -0.1) is 10.2 Å². The molecule has 28 heavy (non-hydrogen) atoms. The first kappa shape index (κ1) is 18.9. The number of hydrogen-bond donors (Lipinski definition) is 0. The first-order valence-electron chi connectivity index (χ1n) is 8.82. The Morgan fingerprint density at radius 1 is 1.11 bits per heavy atom. The smallest absolute Gasteiger partial charge is 0.376 e. The molecular formula is C19H17F3N4OS. The van der Waals surface area contributed by atoms with Gasteiger partial charge in [-0.2, -0.15) is 13.2 Å². The number of aromatic nitrogens is 4. The third-order valence-corrected chi connectivity index (χ3v) is 5.36. The van der Waals surface area contributed by atoms with Crippen LogP contribution in [0.3, 0.4) is 0 Å². The second kappa shape index (κ2) is 7.92. The quantitative estimate of drug-likeness (QED) is 0.615. The molecule has 1 fully saturated rings. The van der Waals surface area contributed by atoms with E-state index >= 15 is 0 Å². The molecule has 146 valence electrons. The topological polar surface area (TPSA) is 52.8 Å². The lowest BCUT2D eigenvalue weighted by Gasteiger charge is -2.16. The van der Waals surface area contributed by atoms with Gasteiger partial charge < -0.3 is 9.30 Å². The van der Waals surface area contributed by atoms with Gasteiger partial charge in [0.1, 0.15) is 5.03 Å². The standard InChI is InChI=1S/C19H17F3N4OS/c20-19(21,22)16-8-9-17(25-24-16)28-18-23-11-15(13-5-2-1-3-6-13)26(18)12-14-7-4-10-27-14/h1-3,5-6,8-9,11,14H,4,7,10,12H2. The van der Waals surface area contributed by atoms with Crippen molar-refractivity contribution in [3.8, 4) is 11.3 Å². The van der Waals surface area contributed by atoms with Crippen LogP contribution in [0.2, 0.25) is 0 Å². The Hall–Kier alpha value is -2.39. The molecule has 4 rings (SSSR count). The summed E-state index contributed by atoms with van der Waals surface area (Å²) in [6.45, 7) is 1.37. The van der Waals surface area contributed by atoms with Gasteiger partial charge in [0.15, 0.2) is 10.9 Å². The van der Waals surface area contributed by atoms with Crippen molar-refractivity contribution in [1.82, 2.24) is 19.7 Å². The van der Waals surface area contributed by atoms with Crippen LogP contribution >= 0.6 is 11.8 Å². The van der Waals surface area contributed by atoms with Crippen LogP contribution in [0.1, 0.15) is 18.5 Å². The molecule has 1 aliphatic rings. The SMILES string of the molecule is FC(F)(F)c1ccc(Sc2ncc(-c3ccccc3)n2CC2CCCO2)nn1. The zero-order chi connectivity index (χ0) is 19.6. The van der Waals surface area contributed by atoms with Crippen LogP contribution in [0.25, 0.3) is 11.3 Å². The summed E-state index contributed by atoms with van der Waals surface area (Å²) in [5.41, 5.74) is 0.932. The average Bonchev–Trinajstić information content (AvgIpc) is 3.33. The van der Waals surface area contributed by atoms with Gasteiger partial charge in [0.2, 0.25) is 0 Å². The van der Waals surface area contributed by atoms with Crippen molar-refractivity contribution in [3.05, 3.63) is 54.4 Å². The van der Waals surface area contributed by atoms with Gasteiger partial charge in [0, 0.05) is 6.61 Å². The van der Waals surface area contributed by atoms with Crippen molar-refractivity contribution in [2.45, 2.75) is 41.8 Å². The van der Waals surface area contributed by atoms with E-state index < -0.39 is 11.9 Å². The minimum absolute atomic E-state index is 0.0923. The van der Waals surface area contributed by atoms with Crippen LogP contribution in [0.5, 0.6) is 0 Å². The number of rotatable bonds is 5. The highest BCUT2D eigenvalue weighted by Crippen LogP contribution is 2.32. The van der Waals surface area contributed by atoms with E-state index in [1.54, 1.807) is 6.20 Å². The maximum Gasteiger partial charge on any atom is 0.435 e. The van der Waals surface area contributed by atoms with Crippen LogP contribution in [0, 0.1) is 0 Å². The van der Waals surface area contributed by atoms with Crippen LogP contribution in [0.4, 0.5) is 13.2 Å². The second-order valence-corrected chi connectivity index (χ2v) is 7.38. The molecule has 0 aliphatic carbocycles. The van der Waals surface area contributed by atoms with Crippen LogP contribution < -0.4 is 0 Å². The third-order valence-electron chi connectivity index (χ3n) is 4.43. The molecule has 5 nitrogen and oxygen atoms in total. The number of nitrogens with zero attached hydrogens (tertiary/aromatic N) is 4. The molecule has 1 saturated heterocycles. The molecule has 1 aliphatic heterocycles. The molecule has 0 saturated carbocycles. The van der Waals surface area contributed by atoms with Crippen molar-refractivity contribution in [2.24, 2.45) is 0 Å². The summed E-state index contributed by atoms with van der Waals surface area (Å²) >= 11 is 1.19. The highest BCUT2D eigenvalue weighted by molar-refractivity contribution is 7.99. The molecule has 3 heterocycles. The number of benzene rings is 1. The monoisotopic (exact) mass is 406 g/mol. The Labute approximate surface area is 164 Å². The summed E-state index contributed by atoms with van der Waals surface area (Å²) in [4.78, 5) is 4.48. The summed E-state index contributed by atoms with van der Waals surface area (Å²) in [6, 6.07) is 12.1. The van der Waals surface area contributed by atoms with Gasteiger partial charge in [-0.1, -0.05) is 30.3 Å². The lowest BCUT2D eigenvalue weighted by molar-refractivity contribution is -0.141. The average molecular weight is 406 g/mol. The van der Waals surface area contributed by atoms with E-state index in [4.69, 9.17) is 4.74 Å². The van der Waals surface area contributed by atoms with Crippen molar-refractivity contribution in [3.63, 3.8) is 0 Å². The number of halogens is 3. The summed E-state index contributed by atoms with van der Waals surface area (Å²) in [7, 11) is 0. The summed E-state index contributed by atoms with van der Waals surface area (Å²) < 4.78 is 45.9. The molecule has 0 radical (unpaired) electrons. The number of ether oxygens (including phenoxy) is 1. The minimum atomic E-state index is -4.51. The Bertz CT molecular complexity index is 923. The number of alkyl halides is 3. The van der Waals surface area contributed by atoms with E-state index in [1.807, 2.05) is 34.9 Å². The minimum Gasteiger partial charge on any atom is -0.376 e. The Morgan fingerprint density at radius 3 is 2.57 bits per heavy atom. The van der Waals surface area contributed by atoms with Gasteiger partial charge in [0.25, 0.3) is 0 Å². The highest BCUT2D eigenvalue weighted by atomic mass is 32.2. The molecule has 0 bridgehead atoms. The summed E-state index contributed by atoms with van der Waals surface area (Å²) in [5.74, 6) is 0. The first-order chi connectivity index (χ1) is 13.5. The fourth-order valence-electron chi connectivity index (χ4n) is 3.07. The molecule has 0 N–H and O–H groups in total. The maximum absolute atomic E-state index is 12.7. The van der Waals surface area contributed by atoms with E-state index in [-0.39, 0.29) is 6.10 Å². The normalized spacial score (nSPS) is 17.2. The van der Waals surface area contributed by atoms with E-state index in [0.717, 1.165) is 36.8 Å². The molecule has 1 aromatic carbocycles. The van der Waals surface area contributed by atoms with Crippen molar-refractivity contribution >= 4 is 11.8 Å². The van der Waals surface area contributed by atoms with Crippen molar-refractivity contribution < 1.29 is 17.9 Å². The zero-order valence-electron chi connectivity index (χ0n) is 14.8. The second-order valence-electron chi connectivity index (χ2n) is 6.39. The van der Waals surface area contributed by atoms with Crippen LogP contribution in [-0.2, 0) is 17.5 Å². The molecule has 0 amide bonds. The first-order valence-corrected chi connectivity index (χ1v) is 9.64. The van der Waals surface area contributed by atoms with Crippen LogP contribution in [0.15, 0.2) is 58.8 Å². The zero-order valence-corrected chi connectivity index (χ0v) is 15.6. The molecule has 1 atom stereocenters. The van der Waals surface area contributed by atoms with Crippen LogP contribution in [-0.4, -0.2) is 32.5 Å². The summed E-state index contributed by atoms with van der Waals surface area (Å²) in [5, 5.41) is 7.99.